The van der Waals surface area contributed by atoms with Gasteiger partial charge in [-0.05, 0) is 38.1 Å². The smallest absolute Gasteiger partial charge is 0.475 e. The summed E-state index contributed by atoms with van der Waals surface area (Å²) in [7, 11) is 2.12. The molecule has 0 bridgehead atoms. The van der Waals surface area contributed by atoms with Crippen LogP contribution < -0.4 is 5.32 Å². The largest absolute Gasteiger partial charge is 0.490 e. The lowest BCUT2D eigenvalue weighted by molar-refractivity contribution is -0.193. The molecule has 1 amide bonds. The van der Waals surface area contributed by atoms with Gasteiger partial charge in [-0.25, -0.2) is 14.6 Å². The summed E-state index contributed by atoms with van der Waals surface area (Å²) in [6.45, 7) is 4.00. The van der Waals surface area contributed by atoms with Crippen molar-refractivity contribution in [3.8, 4) is 0 Å². The maximum atomic E-state index is 12.4. The van der Waals surface area contributed by atoms with Crippen LogP contribution in [0.5, 0.6) is 0 Å². The summed E-state index contributed by atoms with van der Waals surface area (Å²) in [6.07, 6.45) is -4.70. The number of carbonyl (C=O) groups excluding carboxylic acids is 1. The molecule has 36 heavy (non-hydrogen) atoms. The summed E-state index contributed by atoms with van der Waals surface area (Å²) >= 11 is 1.73. The second-order valence-electron chi connectivity index (χ2n) is 8.66. The van der Waals surface area contributed by atoms with Gasteiger partial charge in [0.1, 0.15) is 5.01 Å². The lowest BCUT2D eigenvalue weighted by atomic mass is 10.0. The molecular weight excluding hydrogens is 522 g/mol. The number of alkyl halides is 6. The number of nitrogens with one attached hydrogen (secondary N) is 1. The second-order valence-corrected chi connectivity index (χ2v) is 9.64. The number of rotatable bonds is 5. The maximum absolute atomic E-state index is 12.4. The normalized spacial score (nSPS) is 24.1. The number of carboxylic acids is 2. The molecule has 3 atom stereocenters. The Morgan fingerprint density at radius 3 is 2.06 bits per heavy atom. The van der Waals surface area contributed by atoms with E-state index in [0.717, 1.165) is 38.5 Å². The number of carbonyl (C=O) groups is 3. The second kappa shape index (κ2) is 12.2. The third-order valence-electron chi connectivity index (χ3n) is 5.91. The van der Waals surface area contributed by atoms with Crippen molar-refractivity contribution in [3.05, 3.63) is 16.6 Å². The summed E-state index contributed by atoms with van der Waals surface area (Å²) in [4.78, 5) is 39.4. The highest BCUT2D eigenvalue weighted by Gasteiger charge is 2.47. The molecule has 16 heteroatoms. The SMILES string of the molecule is CN1[C@@H](C(=O)NCC2CC2)C[C@@H]2CN(Cc3nccs3)C[C@@H]21.O=C(O)C(F)(F)F.O=C(O)C(F)(F)F. The first kappa shape index (κ1) is 29.8. The van der Waals surface area contributed by atoms with Crippen LogP contribution in [-0.4, -0.2) is 94.0 Å². The third kappa shape index (κ3) is 9.20. The lowest BCUT2D eigenvalue weighted by Gasteiger charge is -2.25. The number of likely N-dealkylation sites (N-methyl/N-ethyl adjacent to an activating group) is 1. The van der Waals surface area contributed by atoms with Gasteiger partial charge in [0, 0.05) is 37.3 Å². The van der Waals surface area contributed by atoms with Crippen LogP contribution in [-0.2, 0) is 20.9 Å². The number of thiazole rings is 1. The van der Waals surface area contributed by atoms with Crippen LogP contribution in [0.25, 0.3) is 0 Å². The highest BCUT2D eigenvalue weighted by atomic mass is 32.1. The van der Waals surface area contributed by atoms with Crippen LogP contribution >= 0.6 is 11.3 Å². The fourth-order valence-corrected chi connectivity index (χ4v) is 4.60. The lowest BCUT2D eigenvalue weighted by Crippen LogP contribution is -2.46. The Balaban J connectivity index is 0.000000271. The minimum absolute atomic E-state index is 0.0794. The van der Waals surface area contributed by atoms with E-state index in [1.165, 1.54) is 17.8 Å². The molecule has 1 saturated carbocycles. The van der Waals surface area contributed by atoms with Gasteiger partial charge >= 0.3 is 24.3 Å². The molecule has 3 heterocycles. The van der Waals surface area contributed by atoms with Gasteiger partial charge in [-0.1, -0.05) is 0 Å². The summed E-state index contributed by atoms with van der Waals surface area (Å²) in [6, 6.07) is 0.604. The van der Waals surface area contributed by atoms with E-state index in [2.05, 4.69) is 27.1 Å². The maximum Gasteiger partial charge on any atom is 0.490 e. The topological polar surface area (TPSA) is 123 Å². The third-order valence-corrected chi connectivity index (χ3v) is 6.68. The number of halogens is 6. The predicted molar refractivity (Wildman–Crippen MR) is 114 cm³/mol. The molecule has 3 N–H and O–H groups in total. The summed E-state index contributed by atoms with van der Waals surface area (Å²) in [5.74, 6) is -3.89. The summed E-state index contributed by atoms with van der Waals surface area (Å²) < 4.78 is 63.5. The number of carboxylic acid groups (broad SMARTS) is 2. The fraction of sp³-hybridized carbons (Fsp3) is 0.700. The molecule has 2 aliphatic heterocycles. The minimum Gasteiger partial charge on any atom is -0.475 e. The van der Waals surface area contributed by atoms with Crippen molar-refractivity contribution in [2.24, 2.45) is 11.8 Å². The highest BCUT2D eigenvalue weighted by Crippen LogP contribution is 2.35. The summed E-state index contributed by atoms with van der Waals surface area (Å²) in [5, 5.41) is 20.6. The summed E-state index contributed by atoms with van der Waals surface area (Å²) in [5.41, 5.74) is 0. The van der Waals surface area contributed by atoms with Crippen LogP contribution in [0.2, 0.25) is 0 Å². The molecule has 2 saturated heterocycles. The van der Waals surface area contributed by atoms with Gasteiger partial charge in [-0.2, -0.15) is 26.3 Å². The first-order chi connectivity index (χ1) is 16.6. The molecule has 3 aliphatic rings. The minimum atomic E-state index is -5.08. The monoisotopic (exact) mass is 548 g/mol. The van der Waals surface area contributed by atoms with Crippen molar-refractivity contribution in [2.75, 3.05) is 26.7 Å². The van der Waals surface area contributed by atoms with E-state index in [1.54, 1.807) is 11.3 Å². The molecule has 4 rings (SSSR count). The molecular formula is C20H26F6N4O5S. The fourth-order valence-electron chi connectivity index (χ4n) is 3.95. The number of aromatic nitrogens is 1. The molecule has 1 aromatic heterocycles. The van der Waals surface area contributed by atoms with Crippen LogP contribution in [0.1, 0.15) is 24.3 Å². The van der Waals surface area contributed by atoms with Crippen LogP contribution in [0, 0.1) is 11.8 Å². The Kier molecular flexibility index (Phi) is 10.1. The van der Waals surface area contributed by atoms with Crippen molar-refractivity contribution in [3.63, 3.8) is 0 Å². The van der Waals surface area contributed by atoms with Crippen molar-refractivity contribution >= 4 is 29.2 Å². The van der Waals surface area contributed by atoms with E-state index in [4.69, 9.17) is 19.8 Å². The number of fused-ring (bicyclic) bond motifs is 1. The van der Waals surface area contributed by atoms with E-state index in [0.29, 0.717) is 12.0 Å². The highest BCUT2D eigenvalue weighted by molar-refractivity contribution is 7.09. The van der Waals surface area contributed by atoms with Crippen molar-refractivity contribution < 1.29 is 50.9 Å². The zero-order valence-corrected chi connectivity index (χ0v) is 19.9. The number of nitrogens with zero attached hydrogens (tertiary/aromatic N) is 3. The Labute approximate surface area is 206 Å². The van der Waals surface area contributed by atoms with Crippen LogP contribution in [0.3, 0.4) is 0 Å². The number of amides is 1. The number of likely N-dealkylation sites (tertiary alicyclic amines) is 2. The Hall–Kier alpha value is -2.46. The van der Waals surface area contributed by atoms with E-state index >= 15 is 0 Å². The first-order valence-electron chi connectivity index (χ1n) is 10.8. The van der Waals surface area contributed by atoms with Crippen molar-refractivity contribution in [2.45, 2.75) is 50.2 Å². The standard InChI is InChI=1S/C16H24N4OS.2C2HF3O2/c1-19-13(16(21)18-7-11-2-3-11)6-12-8-20(9-14(12)19)10-15-17-4-5-22-15;2*3-2(4,5)1(6)7/h4-5,11-14H,2-3,6-10H2,1H3,(H,18,21);2*(H,6,7)/t12-,13-,14+;;/m1../s1. The van der Waals surface area contributed by atoms with Crippen LogP contribution in [0.4, 0.5) is 26.3 Å². The Morgan fingerprint density at radius 2 is 1.64 bits per heavy atom. The van der Waals surface area contributed by atoms with Crippen molar-refractivity contribution in [1.29, 1.82) is 0 Å². The van der Waals surface area contributed by atoms with Crippen molar-refractivity contribution in [1.82, 2.24) is 20.1 Å². The zero-order chi connectivity index (χ0) is 27.3. The zero-order valence-electron chi connectivity index (χ0n) is 19.1. The number of hydrogen-bond donors (Lipinski definition) is 3. The van der Waals surface area contributed by atoms with E-state index in [-0.39, 0.29) is 11.9 Å². The van der Waals surface area contributed by atoms with E-state index in [1.807, 2.05) is 11.6 Å². The van der Waals surface area contributed by atoms with Gasteiger partial charge in [0.2, 0.25) is 5.91 Å². The first-order valence-corrected chi connectivity index (χ1v) is 11.7. The number of aliphatic carboxylic acids is 2. The van der Waals surface area contributed by atoms with Crippen LogP contribution in [0.15, 0.2) is 11.6 Å². The van der Waals surface area contributed by atoms with Gasteiger partial charge in [-0.3, -0.25) is 14.6 Å². The molecule has 0 spiro atoms. The number of hydrogen-bond acceptors (Lipinski definition) is 7. The average molecular weight is 549 g/mol. The molecule has 0 radical (unpaired) electrons. The molecule has 0 aromatic carbocycles. The van der Waals surface area contributed by atoms with Gasteiger partial charge in [-0.15, -0.1) is 11.3 Å². The van der Waals surface area contributed by atoms with Gasteiger partial charge in [0.05, 0.1) is 12.6 Å². The van der Waals surface area contributed by atoms with Gasteiger partial charge in [0.15, 0.2) is 0 Å². The Bertz CT molecular complexity index is 870. The van der Waals surface area contributed by atoms with Gasteiger partial charge in [0.25, 0.3) is 0 Å². The predicted octanol–water partition coefficient (Wildman–Crippen LogP) is 2.44. The van der Waals surface area contributed by atoms with E-state index in [9.17, 15) is 31.1 Å². The average Bonchev–Trinajstić information content (AvgIpc) is 3.14. The molecule has 204 valence electrons. The van der Waals surface area contributed by atoms with Gasteiger partial charge < -0.3 is 15.5 Å². The molecule has 9 nitrogen and oxygen atoms in total. The Morgan fingerprint density at radius 1 is 1.08 bits per heavy atom. The quantitative estimate of drug-likeness (QED) is 0.480. The molecule has 0 unspecified atom stereocenters. The molecule has 3 fully saturated rings. The van der Waals surface area contributed by atoms with E-state index < -0.39 is 24.3 Å². The molecule has 1 aliphatic carbocycles. The molecule has 1 aromatic rings.